The summed E-state index contributed by atoms with van der Waals surface area (Å²) in [4.78, 5) is 33.7. The summed E-state index contributed by atoms with van der Waals surface area (Å²) < 4.78 is 34.4. The van der Waals surface area contributed by atoms with E-state index < -0.39 is 43.0 Å². The van der Waals surface area contributed by atoms with Crippen LogP contribution < -0.4 is 10.1 Å². The number of esters is 1. The SMILES string of the molecule is CCOC(=O)CS(=O)(=O)c1ccc(C(=O)NCc2ccc(OC)cc2)cc1[N+](=O)[O-]. The fourth-order valence-electron chi connectivity index (χ4n) is 2.53. The van der Waals surface area contributed by atoms with E-state index >= 15 is 0 Å². The number of nitrogens with one attached hydrogen (secondary N) is 1. The van der Waals surface area contributed by atoms with E-state index in [1.807, 2.05) is 0 Å². The maximum Gasteiger partial charge on any atom is 0.321 e. The number of amides is 1. The van der Waals surface area contributed by atoms with E-state index in [4.69, 9.17) is 4.74 Å². The van der Waals surface area contributed by atoms with Gasteiger partial charge in [-0.25, -0.2) is 8.42 Å². The van der Waals surface area contributed by atoms with E-state index in [0.29, 0.717) is 5.75 Å². The van der Waals surface area contributed by atoms with Crippen molar-refractivity contribution < 1.29 is 32.4 Å². The molecule has 0 aliphatic carbocycles. The third-order valence-corrected chi connectivity index (χ3v) is 5.61. The first-order chi connectivity index (χ1) is 14.2. The van der Waals surface area contributed by atoms with Crippen molar-refractivity contribution in [3.63, 3.8) is 0 Å². The van der Waals surface area contributed by atoms with Crippen LogP contribution in [-0.4, -0.2) is 44.7 Å². The van der Waals surface area contributed by atoms with Crippen molar-refractivity contribution in [2.75, 3.05) is 19.5 Å². The highest BCUT2D eigenvalue weighted by molar-refractivity contribution is 7.92. The lowest BCUT2D eigenvalue weighted by Crippen LogP contribution is -2.23. The van der Waals surface area contributed by atoms with Gasteiger partial charge in [0.2, 0.25) is 0 Å². The lowest BCUT2D eigenvalue weighted by molar-refractivity contribution is -0.387. The van der Waals surface area contributed by atoms with Crippen LogP contribution in [0, 0.1) is 10.1 Å². The lowest BCUT2D eigenvalue weighted by atomic mass is 10.1. The summed E-state index contributed by atoms with van der Waals surface area (Å²) in [6.07, 6.45) is 0. The Labute approximate surface area is 172 Å². The third-order valence-electron chi connectivity index (χ3n) is 3.98. The summed E-state index contributed by atoms with van der Waals surface area (Å²) in [6, 6.07) is 9.87. The van der Waals surface area contributed by atoms with Gasteiger partial charge in [-0.15, -0.1) is 0 Å². The molecule has 1 amide bonds. The molecule has 0 saturated carbocycles. The van der Waals surface area contributed by atoms with Crippen LogP contribution in [0.1, 0.15) is 22.8 Å². The summed E-state index contributed by atoms with van der Waals surface area (Å²) in [5.74, 6) is -2.03. The normalized spacial score (nSPS) is 10.9. The summed E-state index contributed by atoms with van der Waals surface area (Å²) in [5, 5.41) is 14.0. The molecule has 0 atom stereocenters. The molecular formula is C19H20N2O8S. The van der Waals surface area contributed by atoms with Crippen molar-refractivity contribution in [2.45, 2.75) is 18.4 Å². The van der Waals surface area contributed by atoms with E-state index in [1.54, 1.807) is 24.3 Å². The number of hydrogen-bond donors (Lipinski definition) is 1. The van der Waals surface area contributed by atoms with Gasteiger partial charge >= 0.3 is 5.97 Å². The Morgan fingerprint density at radius 1 is 1.13 bits per heavy atom. The van der Waals surface area contributed by atoms with Crippen molar-refractivity contribution >= 4 is 27.4 Å². The largest absolute Gasteiger partial charge is 0.497 e. The maximum atomic E-state index is 12.4. The molecule has 0 aliphatic rings. The quantitative estimate of drug-likeness (QED) is 0.357. The zero-order chi connectivity index (χ0) is 22.3. The molecule has 30 heavy (non-hydrogen) atoms. The van der Waals surface area contributed by atoms with E-state index in [-0.39, 0.29) is 18.7 Å². The fourth-order valence-corrected chi connectivity index (χ4v) is 3.80. The Kier molecular flexibility index (Phi) is 7.48. The summed E-state index contributed by atoms with van der Waals surface area (Å²) in [7, 11) is -2.79. The zero-order valence-corrected chi connectivity index (χ0v) is 17.1. The van der Waals surface area contributed by atoms with Gasteiger partial charge in [0, 0.05) is 18.2 Å². The molecule has 0 aromatic heterocycles. The summed E-state index contributed by atoms with van der Waals surface area (Å²) >= 11 is 0. The molecule has 0 fully saturated rings. The van der Waals surface area contributed by atoms with Crippen LogP contribution in [0.15, 0.2) is 47.4 Å². The minimum Gasteiger partial charge on any atom is -0.497 e. The second-order valence-electron chi connectivity index (χ2n) is 6.03. The van der Waals surface area contributed by atoms with Gasteiger partial charge in [0.1, 0.15) is 10.6 Å². The molecule has 2 aromatic rings. The lowest BCUT2D eigenvalue weighted by Gasteiger charge is -2.09. The van der Waals surface area contributed by atoms with Crippen molar-refractivity contribution in [1.82, 2.24) is 5.32 Å². The predicted molar refractivity (Wildman–Crippen MR) is 106 cm³/mol. The molecule has 11 heteroatoms. The number of sulfone groups is 1. The van der Waals surface area contributed by atoms with E-state index in [2.05, 4.69) is 10.1 Å². The highest BCUT2D eigenvalue weighted by atomic mass is 32.2. The van der Waals surface area contributed by atoms with E-state index in [1.165, 1.54) is 14.0 Å². The Bertz CT molecular complexity index is 1050. The van der Waals surface area contributed by atoms with Gasteiger partial charge in [-0.05, 0) is 36.8 Å². The molecule has 0 heterocycles. The topological polar surface area (TPSA) is 142 Å². The first-order valence-electron chi connectivity index (χ1n) is 8.76. The van der Waals surface area contributed by atoms with Crippen LogP contribution in [0.25, 0.3) is 0 Å². The van der Waals surface area contributed by atoms with E-state index in [9.17, 15) is 28.1 Å². The number of nitro groups is 1. The summed E-state index contributed by atoms with van der Waals surface area (Å²) in [6.45, 7) is 1.63. The average Bonchev–Trinajstić information content (AvgIpc) is 2.71. The molecule has 2 aromatic carbocycles. The van der Waals surface area contributed by atoms with Gasteiger partial charge in [0.05, 0.1) is 18.6 Å². The minimum atomic E-state index is -4.32. The number of methoxy groups -OCH3 is 1. The van der Waals surface area contributed by atoms with Gasteiger partial charge in [0.25, 0.3) is 11.6 Å². The molecule has 0 aliphatic heterocycles. The Balaban J connectivity index is 2.21. The van der Waals surface area contributed by atoms with Crippen LogP contribution in [0.3, 0.4) is 0 Å². The smallest absolute Gasteiger partial charge is 0.321 e. The highest BCUT2D eigenvalue weighted by Gasteiger charge is 2.29. The number of ether oxygens (including phenoxy) is 2. The van der Waals surface area contributed by atoms with Crippen LogP contribution in [0.4, 0.5) is 5.69 Å². The van der Waals surface area contributed by atoms with Gasteiger partial charge < -0.3 is 14.8 Å². The Morgan fingerprint density at radius 3 is 2.37 bits per heavy atom. The average molecular weight is 436 g/mol. The number of rotatable bonds is 9. The van der Waals surface area contributed by atoms with Gasteiger partial charge in [-0.1, -0.05) is 12.1 Å². The molecule has 0 bridgehead atoms. The van der Waals surface area contributed by atoms with Gasteiger partial charge in [-0.3, -0.25) is 19.7 Å². The zero-order valence-electron chi connectivity index (χ0n) is 16.3. The molecule has 0 unspecified atom stereocenters. The first-order valence-corrected chi connectivity index (χ1v) is 10.4. The second-order valence-corrected chi connectivity index (χ2v) is 7.99. The van der Waals surface area contributed by atoms with Crippen molar-refractivity contribution in [1.29, 1.82) is 0 Å². The Hall–Kier alpha value is -3.47. The fraction of sp³-hybridized carbons (Fsp3) is 0.263. The molecule has 1 N–H and O–H groups in total. The molecular weight excluding hydrogens is 416 g/mol. The standard InChI is InChI=1S/C19H20N2O8S/c1-3-29-18(22)12-30(26,27)17-9-6-14(10-16(17)21(24)25)19(23)20-11-13-4-7-15(28-2)8-5-13/h4-10H,3,11-12H2,1-2H3,(H,20,23). The molecule has 0 radical (unpaired) electrons. The number of hydrogen-bond acceptors (Lipinski definition) is 8. The third kappa shape index (κ3) is 5.77. The van der Waals surface area contributed by atoms with Gasteiger partial charge in [-0.2, -0.15) is 0 Å². The number of benzene rings is 2. The predicted octanol–water partition coefficient (Wildman–Crippen LogP) is 1.87. The molecule has 10 nitrogen and oxygen atoms in total. The Morgan fingerprint density at radius 2 is 1.80 bits per heavy atom. The first kappa shape index (κ1) is 22.8. The van der Waals surface area contributed by atoms with Gasteiger partial charge in [0.15, 0.2) is 15.6 Å². The summed E-state index contributed by atoms with van der Waals surface area (Å²) in [5.41, 5.74) is -0.117. The van der Waals surface area contributed by atoms with Crippen molar-refractivity contribution in [3.8, 4) is 5.75 Å². The van der Waals surface area contributed by atoms with Crippen LogP contribution in [0.2, 0.25) is 0 Å². The van der Waals surface area contributed by atoms with Crippen molar-refractivity contribution in [3.05, 3.63) is 63.7 Å². The van der Waals surface area contributed by atoms with Crippen LogP contribution in [-0.2, 0) is 25.9 Å². The highest BCUT2D eigenvalue weighted by Crippen LogP contribution is 2.26. The molecule has 0 spiro atoms. The maximum absolute atomic E-state index is 12.4. The molecule has 2 rings (SSSR count). The van der Waals surface area contributed by atoms with Crippen LogP contribution >= 0.6 is 0 Å². The monoisotopic (exact) mass is 436 g/mol. The number of nitrogens with zero attached hydrogens (tertiary/aromatic N) is 1. The van der Waals surface area contributed by atoms with E-state index in [0.717, 1.165) is 23.8 Å². The van der Waals surface area contributed by atoms with Crippen LogP contribution in [0.5, 0.6) is 5.75 Å². The van der Waals surface area contributed by atoms with Crippen molar-refractivity contribution in [2.24, 2.45) is 0 Å². The number of carbonyl (C=O) groups excluding carboxylic acids is 2. The molecule has 160 valence electrons. The number of nitro benzene ring substituents is 1. The minimum absolute atomic E-state index is 0.0241. The molecule has 0 saturated heterocycles. The second kappa shape index (κ2) is 9.83. The number of carbonyl (C=O) groups is 2.